The Kier molecular flexibility index (Phi) is 8.39. The van der Waals surface area contributed by atoms with Crippen molar-refractivity contribution >= 4 is 18.0 Å². The molecule has 0 heterocycles. The number of rotatable bonds is 9. The summed E-state index contributed by atoms with van der Waals surface area (Å²) < 4.78 is 15.2. The van der Waals surface area contributed by atoms with Gasteiger partial charge in [-0.3, -0.25) is 4.79 Å². The SMILES string of the molecule is COc1ccc(C=CC(=O)OCC(=O)NCCC(C)C)cc1OC. The Bertz CT molecular complexity index is 581. The number of ether oxygens (including phenoxy) is 3. The van der Waals surface area contributed by atoms with E-state index in [4.69, 9.17) is 14.2 Å². The smallest absolute Gasteiger partial charge is 0.331 e. The highest BCUT2D eigenvalue weighted by Crippen LogP contribution is 2.27. The Labute approximate surface area is 142 Å². The van der Waals surface area contributed by atoms with E-state index in [0.717, 1.165) is 12.0 Å². The van der Waals surface area contributed by atoms with Crippen molar-refractivity contribution in [1.82, 2.24) is 5.32 Å². The molecule has 0 aliphatic rings. The number of hydrogen-bond acceptors (Lipinski definition) is 5. The Morgan fingerprint density at radius 1 is 1.17 bits per heavy atom. The molecule has 1 aromatic rings. The molecule has 1 amide bonds. The Morgan fingerprint density at radius 3 is 2.50 bits per heavy atom. The van der Waals surface area contributed by atoms with Crippen LogP contribution in [-0.2, 0) is 14.3 Å². The maximum Gasteiger partial charge on any atom is 0.331 e. The van der Waals surface area contributed by atoms with Crippen LogP contribution in [0.5, 0.6) is 11.5 Å². The molecule has 6 nitrogen and oxygen atoms in total. The van der Waals surface area contributed by atoms with Crippen LogP contribution < -0.4 is 14.8 Å². The Balaban J connectivity index is 2.44. The van der Waals surface area contributed by atoms with Gasteiger partial charge < -0.3 is 19.5 Å². The second-order valence-electron chi connectivity index (χ2n) is 5.59. The van der Waals surface area contributed by atoms with Crippen molar-refractivity contribution in [3.05, 3.63) is 29.8 Å². The van der Waals surface area contributed by atoms with Crippen LogP contribution in [0.2, 0.25) is 0 Å². The van der Waals surface area contributed by atoms with E-state index in [9.17, 15) is 9.59 Å². The largest absolute Gasteiger partial charge is 0.493 e. The molecule has 0 saturated carbocycles. The zero-order valence-electron chi connectivity index (χ0n) is 14.6. The predicted octanol–water partition coefficient (Wildman–Crippen LogP) is 2.42. The summed E-state index contributed by atoms with van der Waals surface area (Å²) in [5.41, 5.74) is 0.756. The highest BCUT2D eigenvalue weighted by Gasteiger charge is 2.06. The molecule has 1 N–H and O–H groups in total. The molecule has 0 radical (unpaired) electrons. The van der Waals surface area contributed by atoms with Gasteiger partial charge in [-0.2, -0.15) is 0 Å². The minimum atomic E-state index is -0.580. The Hall–Kier alpha value is -2.50. The van der Waals surface area contributed by atoms with Crippen molar-refractivity contribution in [2.24, 2.45) is 5.92 Å². The number of nitrogens with one attached hydrogen (secondary N) is 1. The molecule has 1 rings (SSSR count). The van der Waals surface area contributed by atoms with E-state index in [1.165, 1.54) is 13.2 Å². The number of methoxy groups -OCH3 is 2. The zero-order valence-corrected chi connectivity index (χ0v) is 14.6. The van der Waals surface area contributed by atoms with Crippen LogP contribution in [0.25, 0.3) is 6.08 Å². The molecule has 0 atom stereocenters. The van der Waals surface area contributed by atoms with Crippen LogP contribution in [0.3, 0.4) is 0 Å². The second kappa shape index (κ2) is 10.3. The van der Waals surface area contributed by atoms with Crippen LogP contribution in [-0.4, -0.2) is 39.2 Å². The van der Waals surface area contributed by atoms with E-state index < -0.39 is 5.97 Å². The molecule has 0 bridgehead atoms. The zero-order chi connectivity index (χ0) is 17.9. The maximum absolute atomic E-state index is 11.6. The lowest BCUT2D eigenvalue weighted by atomic mass is 10.1. The van der Waals surface area contributed by atoms with Crippen molar-refractivity contribution in [1.29, 1.82) is 0 Å². The lowest BCUT2D eigenvalue weighted by molar-refractivity contribution is -0.143. The third-order valence-corrected chi connectivity index (χ3v) is 3.21. The third-order valence-electron chi connectivity index (χ3n) is 3.21. The average molecular weight is 335 g/mol. The van der Waals surface area contributed by atoms with Gasteiger partial charge in [0.1, 0.15) is 0 Å². The molecule has 1 aromatic carbocycles. The van der Waals surface area contributed by atoms with E-state index in [0.29, 0.717) is 24.0 Å². The van der Waals surface area contributed by atoms with Crippen LogP contribution in [0.1, 0.15) is 25.8 Å². The van der Waals surface area contributed by atoms with Crippen molar-refractivity contribution in [3.63, 3.8) is 0 Å². The first-order valence-electron chi connectivity index (χ1n) is 7.79. The highest BCUT2D eigenvalue weighted by atomic mass is 16.5. The van der Waals surface area contributed by atoms with Crippen molar-refractivity contribution in [3.8, 4) is 11.5 Å². The van der Waals surface area contributed by atoms with E-state index >= 15 is 0 Å². The minimum Gasteiger partial charge on any atom is -0.493 e. The highest BCUT2D eigenvalue weighted by molar-refractivity contribution is 5.89. The van der Waals surface area contributed by atoms with Crippen LogP contribution in [0.15, 0.2) is 24.3 Å². The Morgan fingerprint density at radius 2 is 1.88 bits per heavy atom. The van der Waals surface area contributed by atoms with E-state index in [2.05, 4.69) is 19.2 Å². The second-order valence-corrected chi connectivity index (χ2v) is 5.59. The molecule has 0 spiro atoms. The van der Waals surface area contributed by atoms with Gasteiger partial charge in [-0.05, 0) is 36.1 Å². The first-order chi connectivity index (χ1) is 11.5. The van der Waals surface area contributed by atoms with Gasteiger partial charge in [-0.15, -0.1) is 0 Å². The standard InChI is InChI=1S/C18H25NO5/c1-13(2)9-10-19-17(20)12-24-18(21)8-6-14-5-7-15(22-3)16(11-14)23-4/h5-8,11,13H,9-10,12H2,1-4H3,(H,19,20). The van der Waals surface area contributed by atoms with E-state index in [1.54, 1.807) is 31.4 Å². The third kappa shape index (κ3) is 7.17. The molecular formula is C18H25NO5. The summed E-state index contributed by atoms with van der Waals surface area (Å²) in [4.78, 5) is 23.1. The maximum atomic E-state index is 11.6. The van der Waals surface area contributed by atoms with E-state index in [-0.39, 0.29) is 12.5 Å². The van der Waals surface area contributed by atoms with Gasteiger partial charge in [0.2, 0.25) is 0 Å². The molecule has 0 unspecified atom stereocenters. The lowest BCUT2D eigenvalue weighted by Gasteiger charge is -2.08. The quantitative estimate of drug-likeness (QED) is 0.554. The lowest BCUT2D eigenvalue weighted by Crippen LogP contribution is -2.29. The minimum absolute atomic E-state index is 0.285. The summed E-state index contributed by atoms with van der Waals surface area (Å²) >= 11 is 0. The topological polar surface area (TPSA) is 73.9 Å². The summed E-state index contributed by atoms with van der Waals surface area (Å²) in [6.45, 7) is 4.44. The van der Waals surface area contributed by atoms with Gasteiger partial charge in [0.15, 0.2) is 18.1 Å². The molecule has 0 saturated heterocycles. The fraction of sp³-hybridized carbons (Fsp3) is 0.444. The number of esters is 1. The number of benzene rings is 1. The summed E-state index contributed by atoms with van der Waals surface area (Å²) in [6.07, 6.45) is 3.74. The molecular weight excluding hydrogens is 310 g/mol. The van der Waals surface area contributed by atoms with Crippen LogP contribution >= 0.6 is 0 Å². The van der Waals surface area contributed by atoms with Gasteiger partial charge in [-0.25, -0.2) is 4.79 Å². The number of amides is 1. The first-order valence-corrected chi connectivity index (χ1v) is 7.79. The summed E-state index contributed by atoms with van der Waals surface area (Å²) in [6, 6.07) is 5.26. The predicted molar refractivity (Wildman–Crippen MR) is 92.0 cm³/mol. The summed E-state index contributed by atoms with van der Waals surface area (Å²) in [5.74, 6) is 0.803. The molecule has 0 aliphatic heterocycles. The summed E-state index contributed by atoms with van der Waals surface area (Å²) in [5, 5.41) is 2.70. The fourth-order valence-electron chi connectivity index (χ4n) is 1.86. The number of carbonyl (C=O) groups excluding carboxylic acids is 2. The fourth-order valence-corrected chi connectivity index (χ4v) is 1.86. The number of carbonyl (C=O) groups is 2. The van der Waals surface area contributed by atoms with Gasteiger partial charge in [-0.1, -0.05) is 19.9 Å². The van der Waals surface area contributed by atoms with Crippen LogP contribution in [0, 0.1) is 5.92 Å². The molecule has 0 aromatic heterocycles. The molecule has 0 aliphatic carbocycles. The molecule has 132 valence electrons. The molecule has 24 heavy (non-hydrogen) atoms. The summed E-state index contributed by atoms with van der Waals surface area (Å²) in [7, 11) is 3.09. The first kappa shape index (κ1) is 19.5. The monoisotopic (exact) mass is 335 g/mol. The molecule has 0 fully saturated rings. The van der Waals surface area contributed by atoms with Crippen molar-refractivity contribution < 1.29 is 23.8 Å². The van der Waals surface area contributed by atoms with E-state index in [1.807, 2.05) is 0 Å². The van der Waals surface area contributed by atoms with Gasteiger partial charge >= 0.3 is 5.97 Å². The van der Waals surface area contributed by atoms with Crippen molar-refractivity contribution in [2.75, 3.05) is 27.4 Å². The van der Waals surface area contributed by atoms with Crippen molar-refractivity contribution in [2.45, 2.75) is 20.3 Å². The average Bonchev–Trinajstić information content (AvgIpc) is 2.57. The van der Waals surface area contributed by atoms with Gasteiger partial charge in [0.05, 0.1) is 14.2 Å². The van der Waals surface area contributed by atoms with Gasteiger partial charge in [0.25, 0.3) is 5.91 Å². The number of hydrogen-bond donors (Lipinski definition) is 1. The normalized spacial score (nSPS) is 10.7. The van der Waals surface area contributed by atoms with Gasteiger partial charge in [0, 0.05) is 12.6 Å². The molecule has 6 heteroatoms. The van der Waals surface area contributed by atoms with Crippen LogP contribution in [0.4, 0.5) is 0 Å².